The molecule has 0 saturated heterocycles. The molecule has 0 fully saturated rings. The average molecular weight is 239 g/mol. The lowest BCUT2D eigenvalue weighted by molar-refractivity contribution is 0.559. The first-order chi connectivity index (χ1) is 6.45. The lowest BCUT2D eigenvalue weighted by Gasteiger charge is -2.08. The number of hydrogen-bond donors (Lipinski definition) is 1. The van der Waals surface area contributed by atoms with Crippen molar-refractivity contribution >= 4 is 21.6 Å². The molecule has 0 radical (unpaired) electrons. The summed E-state index contributed by atoms with van der Waals surface area (Å²) in [4.78, 5) is 0. The Morgan fingerprint density at radius 2 is 2.00 bits per heavy atom. The van der Waals surface area contributed by atoms with Crippen LogP contribution in [-0.4, -0.2) is 45.0 Å². The van der Waals surface area contributed by atoms with E-state index in [-0.39, 0.29) is 0 Å². The highest BCUT2D eigenvalue weighted by Crippen LogP contribution is 2.06. The number of sulfone groups is 1. The molecule has 1 unspecified atom stereocenters. The summed E-state index contributed by atoms with van der Waals surface area (Å²) >= 11 is 1.73. The van der Waals surface area contributed by atoms with E-state index < -0.39 is 9.84 Å². The van der Waals surface area contributed by atoms with Gasteiger partial charge in [0.1, 0.15) is 9.84 Å². The highest BCUT2D eigenvalue weighted by Gasteiger charge is 2.02. The van der Waals surface area contributed by atoms with Crippen molar-refractivity contribution in [2.45, 2.75) is 25.8 Å². The number of rotatable bonds is 8. The van der Waals surface area contributed by atoms with E-state index in [1.807, 2.05) is 7.05 Å². The van der Waals surface area contributed by atoms with Crippen molar-refractivity contribution in [3.05, 3.63) is 0 Å². The van der Waals surface area contributed by atoms with Crippen LogP contribution in [0.3, 0.4) is 0 Å². The Labute approximate surface area is 92.0 Å². The second-order valence-corrected chi connectivity index (χ2v) is 7.06. The molecule has 0 heterocycles. The second kappa shape index (κ2) is 7.54. The van der Waals surface area contributed by atoms with E-state index in [0.717, 1.165) is 24.3 Å². The molecule has 0 aliphatic rings. The van der Waals surface area contributed by atoms with Gasteiger partial charge in [-0.3, -0.25) is 0 Å². The van der Waals surface area contributed by atoms with Crippen LogP contribution in [-0.2, 0) is 9.84 Å². The van der Waals surface area contributed by atoms with E-state index in [0.29, 0.717) is 11.8 Å². The first-order valence-corrected chi connectivity index (χ1v) is 8.10. The predicted molar refractivity (Wildman–Crippen MR) is 64.8 cm³/mol. The molecule has 0 aliphatic carbocycles. The maximum atomic E-state index is 10.8. The van der Waals surface area contributed by atoms with Gasteiger partial charge in [0.05, 0.1) is 5.75 Å². The monoisotopic (exact) mass is 239 g/mol. The van der Waals surface area contributed by atoms with Crippen LogP contribution in [0.15, 0.2) is 0 Å². The Morgan fingerprint density at radius 3 is 2.50 bits per heavy atom. The SMILES string of the molecule is CNC(C)CCCSCCS(C)(=O)=O. The maximum Gasteiger partial charge on any atom is 0.148 e. The van der Waals surface area contributed by atoms with Crippen LogP contribution in [0.4, 0.5) is 0 Å². The minimum Gasteiger partial charge on any atom is -0.317 e. The van der Waals surface area contributed by atoms with Gasteiger partial charge in [-0.1, -0.05) is 0 Å². The molecule has 0 aliphatic heterocycles. The third kappa shape index (κ3) is 10.3. The topological polar surface area (TPSA) is 46.2 Å². The minimum atomic E-state index is -2.77. The molecule has 0 aromatic carbocycles. The van der Waals surface area contributed by atoms with E-state index in [1.165, 1.54) is 6.26 Å². The van der Waals surface area contributed by atoms with E-state index in [4.69, 9.17) is 0 Å². The fourth-order valence-electron chi connectivity index (χ4n) is 0.948. The third-order valence-electron chi connectivity index (χ3n) is 2.02. The van der Waals surface area contributed by atoms with Crippen LogP contribution in [0.2, 0.25) is 0 Å². The molecule has 0 rings (SSSR count). The van der Waals surface area contributed by atoms with Gasteiger partial charge in [0.2, 0.25) is 0 Å². The van der Waals surface area contributed by atoms with Crippen molar-refractivity contribution in [2.24, 2.45) is 0 Å². The summed E-state index contributed by atoms with van der Waals surface area (Å²) in [5, 5.41) is 3.17. The van der Waals surface area contributed by atoms with Crippen LogP contribution in [0, 0.1) is 0 Å². The highest BCUT2D eigenvalue weighted by molar-refractivity contribution is 8.00. The number of nitrogens with one attached hydrogen (secondary N) is 1. The Morgan fingerprint density at radius 1 is 1.36 bits per heavy atom. The van der Waals surface area contributed by atoms with Gasteiger partial charge in [0, 0.05) is 18.1 Å². The van der Waals surface area contributed by atoms with Gasteiger partial charge in [0.25, 0.3) is 0 Å². The van der Waals surface area contributed by atoms with Gasteiger partial charge in [-0.2, -0.15) is 11.8 Å². The van der Waals surface area contributed by atoms with Crippen molar-refractivity contribution in [2.75, 3.05) is 30.6 Å². The molecule has 86 valence electrons. The first-order valence-electron chi connectivity index (χ1n) is 4.88. The first kappa shape index (κ1) is 14.3. The molecule has 0 aromatic heterocycles. The fourth-order valence-corrected chi connectivity index (χ4v) is 3.21. The summed E-state index contributed by atoms with van der Waals surface area (Å²) < 4.78 is 21.6. The Bertz CT molecular complexity index is 227. The Hall–Kier alpha value is 0.260. The van der Waals surface area contributed by atoms with E-state index >= 15 is 0 Å². The van der Waals surface area contributed by atoms with Gasteiger partial charge in [-0.25, -0.2) is 8.42 Å². The van der Waals surface area contributed by atoms with Gasteiger partial charge >= 0.3 is 0 Å². The molecule has 0 saturated carbocycles. The van der Waals surface area contributed by atoms with E-state index in [9.17, 15) is 8.42 Å². The zero-order valence-corrected chi connectivity index (χ0v) is 10.9. The van der Waals surface area contributed by atoms with E-state index in [2.05, 4.69) is 12.2 Å². The van der Waals surface area contributed by atoms with Crippen LogP contribution < -0.4 is 5.32 Å². The Balaban J connectivity index is 3.23. The van der Waals surface area contributed by atoms with Gasteiger partial charge < -0.3 is 5.32 Å². The minimum absolute atomic E-state index is 0.305. The maximum absolute atomic E-state index is 10.8. The standard InChI is InChI=1S/C9H21NO2S2/c1-9(10-2)5-4-6-13-7-8-14(3,11)12/h9-10H,4-8H2,1-3H3. The molecular weight excluding hydrogens is 218 g/mol. The largest absolute Gasteiger partial charge is 0.317 e. The lowest BCUT2D eigenvalue weighted by atomic mass is 10.2. The van der Waals surface area contributed by atoms with Crippen LogP contribution in [0.1, 0.15) is 19.8 Å². The van der Waals surface area contributed by atoms with Crippen molar-refractivity contribution in [1.82, 2.24) is 5.32 Å². The van der Waals surface area contributed by atoms with Gasteiger partial charge in [-0.05, 0) is 32.6 Å². The molecule has 14 heavy (non-hydrogen) atoms. The average Bonchev–Trinajstić information content (AvgIpc) is 2.08. The van der Waals surface area contributed by atoms with Crippen molar-refractivity contribution in [3.63, 3.8) is 0 Å². The van der Waals surface area contributed by atoms with Crippen LogP contribution in [0.25, 0.3) is 0 Å². The van der Waals surface area contributed by atoms with Crippen molar-refractivity contribution in [3.8, 4) is 0 Å². The molecule has 5 heteroatoms. The summed E-state index contributed by atoms with van der Waals surface area (Å²) in [6, 6.07) is 0.561. The zero-order valence-electron chi connectivity index (χ0n) is 9.25. The second-order valence-electron chi connectivity index (χ2n) is 3.57. The smallest absolute Gasteiger partial charge is 0.148 e. The molecule has 3 nitrogen and oxygen atoms in total. The van der Waals surface area contributed by atoms with Gasteiger partial charge in [0.15, 0.2) is 0 Å². The summed E-state index contributed by atoms with van der Waals surface area (Å²) in [6.45, 7) is 2.15. The number of hydrogen-bond acceptors (Lipinski definition) is 4. The van der Waals surface area contributed by atoms with Gasteiger partial charge in [-0.15, -0.1) is 0 Å². The molecule has 0 spiro atoms. The summed E-state index contributed by atoms with van der Waals surface area (Å²) in [5.74, 6) is 2.09. The van der Waals surface area contributed by atoms with Crippen LogP contribution >= 0.6 is 11.8 Å². The zero-order chi connectivity index (χ0) is 11.0. The molecule has 1 atom stereocenters. The molecule has 0 amide bonds. The molecule has 0 bridgehead atoms. The van der Waals surface area contributed by atoms with Crippen molar-refractivity contribution in [1.29, 1.82) is 0 Å². The van der Waals surface area contributed by atoms with Crippen molar-refractivity contribution < 1.29 is 8.42 Å². The molecule has 1 N–H and O–H groups in total. The van der Waals surface area contributed by atoms with Crippen LogP contribution in [0.5, 0.6) is 0 Å². The quantitative estimate of drug-likeness (QED) is 0.646. The molecular formula is C9H21NO2S2. The molecule has 0 aromatic rings. The Kier molecular flexibility index (Phi) is 7.68. The predicted octanol–water partition coefficient (Wildman–Crippen LogP) is 1.15. The number of thioether (sulfide) groups is 1. The summed E-state index contributed by atoms with van der Waals surface area (Å²) in [7, 11) is -0.806. The normalized spacial score (nSPS) is 14.2. The van der Waals surface area contributed by atoms with E-state index in [1.54, 1.807) is 11.8 Å². The summed E-state index contributed by atoms with van der Waals surface area (Å²) in [6.07, 6.45) is 3.59. The third-order valence-corrected chi connectivity index (χ3v) is 4.29. The summed E-state index contributed by atoms with van der Waals surface area (Å²) in [5.41, 5.74) is 0. The highest BCUT2D eigenvalue weighted by atomic mass is 32.2. The fraction of sp³-hybridized carbons (Fsp3) is 1.00. The lowest BCUT2D eigenvalue weighted by Crippen LogP contribution is -2.20.